The van der Waals surface area contributed by atoms with Crippen LogP contribution in [0, 0.1) is 0 Å². The number of benzene rings is 2. The molecule has 8 heteroatoms. The third-order valence-corrected chi connectivity index (χ3v) is 5.64. The molecule has 1 aliphatic rings. The van der Waals surface area contributed by atoms with Crippen LogP contribution >= 0.6 is 0 Å². The maximum atomic E-state index is 12.6. The smallest absolute Gasteiger partial charge is 0.261 e. The number of nitrogens with one attached hydrogen (secondary N) is 2. The fourth-order valence-electron chi connectivity index (χ4n) is 2.59. The Morgan fingerprint density at radius 2 is 1.76 bits per heavy atom. The zero-order valence-corrected chi connectivity index (χ0v) is 14.0. The molecule has 0 unspecified atom stereocenters. The van der Waals surface area contributed by atoms with E-state index in [1.807, 2.05) is 0 Å². The number of sulfone groups is 1. The van der Waals surface area contributed by atoms with Gasteiger partial charge in [0, 0.05) is 0 Å². The molecule has 0 aromatic heterocycles. The molecule has 0 spiro atoms. The van der Waals surface area contributed by atoms with Gasteiger partial charge in [-0.05, 0) is 24.3 Å². The molecule has 0 radical (unpaired) electrons. The van der Waals surface area contributed by atoms with Crippen molar-refractivity contribution in [2.75, 3.05) is 11.1 Å². The number of hydrogen-bond acceptors (Lipinski definition) is 5. The van der Waals surface area contributed by atoms with Crippen molar-refractivity contribution in [2.45, 2.75) is 11.8 Å². The van der Waals surface area contributed by atoms with E-state index in [-0.39, 0.29) is 33.0 Å². The van der Waals surface area contributed by atoms with Crippen molar-refractivity contribution in [1.82, 2.24) is 5.32 Å². The second-order valence-corrected chi connectivity index (χ2v) is 7.61. The van der Waals surface area contributed by atoms with E-state index in [1.54, 1.807) is 6.07 Å². The highest BCUT2D eigenvalue weighted by Gasteiger charge is 2.30. The van der Waals surface area contributed by atoms with Gasteiger partial charge in [-0.3, -0.25) is 19.7 Å². The third-order valence-electron chi connectivity index (χ3n) is 3.86. The van der Waals surface area contributed by atoms with Gasteiger partial charge in [-0.15, -0.1) is 0 Å². The minimum Gasteiger partial charge on any atom is -0.321 e. The highest BCUT2D eigenvalue weighted by Crippen LogP contribution is 2.26. The Morgan fingerprint density at radius 1 is 1.04 bits per heavy atom. The highest BCUT2D eigenvalue weighted by atomic mass is 32.2. The summed E-state index contributed by atoms with van der Waals surface area (Å²) in [5, 5.41) is 4.69. The molecule has 0 aliphatic carbocycles. The van der Waals surface area contributed by atoms with Crippen LogP contribution in [0.25, 0.3) is 0 Å². The average Bonchev–Trinajstić information content (AvgIpc) is 2.90. The van der Waals surface area contributed by atoms with E-state index in [9.17, 15) is 22.8 Å². The van der Waals surface area contributed by atoms with Gasteiger partial charge in [0.1, 0.15) is 0 Å². The number of hydrogen-bond donors (Lipinski definition) is 2. The van der Waals surface area contributed by atoms with Crippen molar-refractivity contribution >= 4 is 33.2 Å². The monoisotopic (exact) mass is 358 g/mol. The van der Waals surface area contributed by atoms with E-state index in [2.05, 4.69) is 10.6 Å². The first-order chi connectivity index (χ1) is 11.8. The van der Waals surface area contributed by atoms with Crippen LogP contribution in [0.4, 0.5) is 5.69 Å². The van der Waals surface area contributed by atoms with Crippen LogP contribution in [-0.4, -0.2) is 31.9 Å². The van der Waals surface area contributed by atoms with Gasteiger partial charge < -0.3 is 5.32 Å². The van der Waals surface area contributed by atoms with E-state index < -0.39 is 27.6 Å². The molecule has 0 saturated heterocycles. The van der Waals surface area contributed by atoms with Crippen LogP contribution in [0.1, 0.15) is 38.0 Å². The van der Waals surface area contributed by atoms with Gasteiger partial charge >= 0.3 is 0 Å². The number of fused-ring (bicyclic) bond motifs is 1. The van der Waals surface area contributed by atoms with Gasteiger partial charge in [-0.1, -0.05) is 25.1 Å². The number of imide groups is 1. The Kier molecular flexibility index (Phi) is 4.13. The summed E-state index contributed by atoms with van der Waals surface area (Å²) in [4.78, 5) is 36.1. The molecule has 3 amide bonds. The minimum atomic E-state index is -3.59. The Hall–Kier alpha value is -3.00. The third kappa shape index (κ3) is 2.91. The van der Waals surface area contributed by atoms with Crippen LogP contribution in [0.2, 0.25) is 0 Å². The van der Waals surface area contributed by atoms with E-state index >= 15 is 0 Å². The fraction of sp³-hybridized carbons (Fsp3) is 0.118. The van der Waals surface area contributed by atoms with Crippen LogP contribution in [0.3, 0.4) is 0 Å². The summed E-state index contributed by atoms with van der Waals surface area (Å²) in [6.45, 7) is 1.49. The summed E-state index contributed by atoms with van der Waals surface area (Å²) < 4.78 is 24.3. The lowest BCUT2D eigenvalue weighted by Crippen LogP contribution is -2.21. The number of rotatable bonds is 4. The van der Waals surface area contributed by atoms with Crippen molar-refractivity contribution < 1.29 is 22.8 Å². The molecule has 0 bridgehead atoms. The van der Waals surface area contributed by atoms with Crippen LogP contribution in [-0.2, 0) is 9.84 Å². The van der Waals surface area contributed by atoms with Gasteiger partial charge in [0.25, 0.3) is 17.7 Å². The molecular formula is C17H14N2O5S. The van der Waals surface area contributed by atoms with E-state index in [0.29, 0.717) is 0 Å². The van der Waals surface area contributed by atoms with E-state index in [0.717, 1.165) is 0 Å². The van der Waals surface area contributed by atoms with Gasteiger partial charge in [0.2, 0.25) is 0 Å². The largest absolute Gasteiger partial charge is 0.321 e. The molecule has 0 fully saturated rings. The Labute approximate surface area is 144 Å². The summed E-state index contributed by atoms with van der Waals surface area (Å²) in [5.41, 5.74) is 0.357. The first kappa shape index (κ1) is 16.8. The maximum absolute atomic E-state index is 12.6. The summed E-state index contributed by atoms with van der Waals surface area (Å²) in [5.74, 6) is -1.96. The minimum absolute atomic E-state index is 0.0216. The Morgan fingerprint density at radius 3 is 2.48 bits per heavy atom. The van der Waals surface area contributed by atoms with Crippen molar-refractivity contribution in [2.24, 2.45) is 0 Å². The summed E-state index contributed by atoms with van der Waals surface area (Å²) in [6.07, 6.45) is 0. The quantitative estimate of drug-likeness (QED) is 0.807. The molecule has 1 heterocycles. The molecule has 0 atom stereocenters. The molecule has 7 nitrogen and oxygen atoms in total. The molecule has 2 N–H and O–H groups in total. The molecule has 3 rings (SSSR count). The lowest BCUT2D eigenvalue weighted by molar-refractivity contribution is 0.0879. The normalized spacial score (nSPS) is 13.3. The van der Waals surface area contributed by atoms with Crippen molar-refractivity contribution in [3.63, 3.8) is 0 Å². The van der Waals surface area contributed by atoms with Gasteiger partial charge in [0.15, 0.2) is 9.84 Å². The van der Waals surface area contributed by atoms with Crippen molar-refractivity contribution in [1.29, 1.82) is 0 Å². The van der Waals surface area contributed by atoms with Crippen LogP contribution in [0.5, 0.6) is 0 Å². The topological polar surface area (TPSA) is 109 Å². The Bertz CT molecular complexity index is 1010. The predicted octanol–water partition coefficient (Wildman–Crippen LogP) is 1.62. The fourth-order valence-corrected chi connectivity index (χ4v) is 3.69. The number of amides is 3. The number of carbonyl (C=O) groups excluding carboxylic acids is 3. The van der Waals surface area contributed by atoms with Gasteiger partial charge in [-0.25, -0.2) is 8.42 Å². The highest BCUT2D eigenvalue weighted by molar-refractivity contribution is 7.91. The lowest BCUT2D eigenvalue weighted by Gasteiger charge is -2.11. The molecule has 128 valence electrons. The second-order valence-electron chi connectivity index (χ2n) is 5.37. The van der Waals surface area contributed by atoms with Crippen molar-refractivity contribution in [3.05, 3.63) is 59.2 Å². The van der Waals surface area contributed by atoms with Crippen molar-refractivity contribution in [3.8, 4) is 0 Å². The second kappa shape index (κ2) is 6.14. The van der Waals surface area contributed by atoms with Crippen LogP contribution < -0.4 is 10.6 Å². The molecule has 0 saturated carbocycles. The van der Waals surface area contributed by atoms with Gasteiger partial charge in [0.05, 0.1) is 33.0 Å². The number of anilines is 1. The molecule has 2 aromatic rings. The van der Waals surface area contributed by atoms with E-state index in [4.69, 9.17) is 0 Å². The predicted molar refractivity (Wildman–Crippen MR) is 90.4 cm³/mol. The maximum Gasteiger partial charge on any atom is 0.261 e. The number of carbonyl (C=O) groups is 3. The Balaban J connectivity index is 2.02. The van der Waals surface area contributed by atoms with Gasteiger partial charge in [-0.2, -0.15) is 0 Å². The summed E-state index contributed by atoms with van der Waals surface area (Å²) in [6, 6.07) is 10.3. The van der Waals surface area contributed by atoms with Crippen LogP contribution in [0.15, 0.2) is 47.4 Å². The summed E-state index contributed by atoms with van der Waals surface area (Å²) >= 11 is 0. The molecule has 1 aliphatic heterocycles. The SMILES string of the molecule is CCS(=O)(=O)c1ccccc1C(=O)Nc1cccc2c1C(=O)NC2=O. The molecule has 25 heavy (non-hydrogen) atoms. The lowest BCUT2D eigenvalue weighted by atomic mass is 10.1. The zero-order valence-electron chi connectivity index (χ0n) is 13.2. The first-order valence-corrected chi connectivity index (χ1v) is 9.12. The molecular weight excluding hydrogens is 344 g/mol. The summed E-state index contributed by atoms with van der Waals surface area (Å²) in [7, 11) is -3.59. The average molecular weight is 358 g/mol. The standard InChI is InChI=1S/C17H14N2O5S/c1-2-25(23,24)13-9-4-3-6-10(13)15(20)18-12-8-5-7-11-14(12)17(22)19-16(11)21/h3-9H,2H2,1H3,(H,18,20)(H,19,21,22). The first-order valence-electron chi connectivity index (χ1n) is 7.47. The van der Waals surface area contributed by atoms with E-state index in [1.165, 1.54) is 43.3 Å². The zero-order chi connectivity index (χ0) is 18.2. The molecule has 2 aromatic carbocycles.